The summed E-state index contributed by atoms with van der Waals surface area (Å²) in [5, 5.41) is 10.6. The van der Waals surface area contributed by atoms with Crippen molar-refractivity contribution in [2.45, 2.75) is 6.61 Å². The molecule has 6 nitrogen and oxygen atoms in total. The molecule has 0 aliphatic carbocycles. The summed E-state index contributed by atoms with van der Waals surface area (Å²) < 4.78 is 5.74. The highest BCUT2D eigenvalue weighted by molar-refractivity contribution is 6.31. The van der Waals surface area contributed by atoms with Gasteiger partial charge in [-0.1, -0.05) is 48.0 Å². The lowest BCUT2D eigenvalue weighted by atomic mass is 10.1. The summed E-state index contributed by atoms with van der Waals surface area (Å²) in [7, 11) is 0. The summed E-state index contributed by atoms with van der Waals surface area (Å²) in [5.41, 5.74) is 1.29. The van der Waals surface area contributed by atoms with Crippen LogP contribution < -0.4 is 15.6 Å². The molecule has 0 radical (unpaired) electrons. The number of aromatic amines is 1. The van der Waals surface area contributed by atoms with Gasteiger partial charge in [-0.25, -0.2) is 5.10 Å². The molecule has 0 atom stereocenters. The van der Waals surface area contributed by atoms with Gasteiger partial charge in [0.15, 0.2) is 5.69 Å². The van der Waals surface area contributed by atoms with Crippen LogP contribution in [0.15, 0.2) is 77.6 Å². The van der Waals surface area contributed by atoms with Crippen LogP contribution in [0, 0.1) is 0 Å². The number of nitrogens with zero attached hydrogens (tertiary/aromatic N) is 1. The Hall–Kier alpha value is -3.64. The maximum Gasteiger partial charge on any atom is 0.276 e. The second-order valence-corrected chi connectivity index (χ2v) is 6.71. The number of carbonyl (C=O) groups excluding carboxylic acids is 1. The zero-order chi connectivity index (χ0) is 20.2. The van der Waals surface area contributed by atoms with Gasteiger partial charge in [-0.15, -0.1) is 0 Å². The standard InChI is InChI=1S/C22H16ClN3O3/c23-19-8-4-1-5-14(19)13-29-16-11-9-15(10-12-16)24-22(28)20-17-6-2-3-7-18(17)21(27)26-25-20/h1-12H,13H2,(H,24,28)(H,26,27). The number of hydrogen-bond acceptors (Lipinski definition) is 4. The predicted octanol–water partition coefficient (Wildman–Crippen LogP) is 4.41. The van der Waals surface area contributed by atoms with Crippen LogP contribution in [-0.4, -0.2) is 16.1 Å². The molecule has 0 unspecified atom stereocenters. The first-order chi connectivity index (χ1) is 14.1. The van der Waals surface area contributed by atoms with Gasteiger partial charge in [0.2, 0.25) is 0 Å². The van der Waals surface area contributed by atoms with E-state index in [1.54, 1.807) is 48.5 Å². The molecule has 4 rings (SSSR count). The molecule has 2 N–H and O–H groups in total. The topological polar surface area (TPSA) is 84.1 Å². The van der Waals surface area contributed by atoms with E-state index in [2.05, 4.69) is 15.5 Å². The summed E-state index contributed by atoms with van der Waals surface area (Å²) in [5.74, 6) is 0.234. The fourth-order valence-electron chi connectivity index (χ4n) is 2.89. The largest absolute Gasteiger partial charge is 0.489 e. The third kappa shape index (κ3) is 4.12. The first-order valence-corrected chi connectivity index (χ1v) is 9.24. The lowest BCUT2D eigenvalue weighted by Crippen LogP contribution is -2.19. The van der Waals surface area contributed by atoms with E-state index in [-0.39, 0.29) is 11.3 Å². The fourth-order valence-corrected chi connectivity index (χ4v) is 3.08. The van der Waals surface area contributed by atoms with Gasteiger partial charge in [0.05, 0.1) is 5.39 Å². The molecule has 1 heterocycles. The molecule has 0 spiro atoms. The molecule has 0 fully saturated rings. The highest BCUT2D eigenvalue weighted by Gasteiger charge is 2.14. The molecule has 7 heteroatoms. The van der Waals surface area contributed by atoms with Gasteiger partial charge in [0, 0.05) is 21.7 Å². The van der Waals surface area contributed by atoms with Crippen molar-refractivity contribution < 1.29 is 9.53 Å². The molecule has 0 saturated heterocycles. The molecule has 0 aliphatic rings. The van der Waals surface area contributed by atoms with Crippen molar-refractivity contribution in [1.29, 1.82) is 0 Å². The summed E-state index contributed by atoms with van der Waals surface area (Å²) in [4.78, 5) is 24.5. The van der Waals surface area contributed by atoms with Crippen molar-refractivity contribution in [3.63, 3.8) is 0 Å². The Balaban J connectivity index is 1.47. The van der Waals surface area contributed by atoms with E-state index in [0.717, 1.165) is 5.56 Å². The Bertz CT molecular complexity index is 1240. The summed E-state index contributed by atoms with van der Waals surface area (Å²) in [6.07, 6.45) is 0. The first kappa shape index (κ1) is 18.7. The number of benzene rings is 3. The van der Waals surface area contributed by atoms with Crippen LogP contribution >= 0.6 is 11.6 Å². The molecule has 144 valence electrons. The Labute approximate surface area is 171 Å². The first-order valence-electron chi connectivity index (χ1n) is 8.87. The van der Waals surface area contributed by atoms with Crippen LogP contribution in [0.25, 0.3) is 10.8 Å². The summed E-state index contributed by atoms with van der Waals surface area (Å²) in [6, 6.07) is 21.3. The summed E-state index contributed by atoms with van der Waals surface area (Å²) in [6.45, 7) is 0.346. The highest BCUT2D eigenvalue weighted by atomic mass is 35.5. The normalized spacial score (nSPS) is 10.7. The Kier molecular flexibility index (Phi) is 5.27. The molecule has 1 aromatic heterocycles. The van der Waals surface area contributed by atoms with Crippen LogP contribution in [0.5, 0.6) is 5.75 Å². The van der Waals surface area contributed by atoms with Gasteiger partial charge >= 0.3 is 0 Å². The molecule has 29 heavy (non-hydrogen) atoms. The van der Waals surface area contributed by atoms with E-state index in [9.17, 15) is 9.59 Å². The molecule has 0 aliphatic heterocycles. The monoisotopic (exact) mass is 405 g/mol. The van der Waals surface area contributed by atoms with Crippen LogP contribution in [0.3, 0.4) is 0 Å². The van der Waals surface area contributed by atoms with Crippen molar-refractivity contribution in [3.05, 3.63) is 99.4 Å². The average Bonchev–Trinajstić information content (AvgIpc) is 2.74. The van der Waals surface area contributed by atoms with Gasteiger partial charge < -0.3 is 10.1 Å². The number of anilines is 1. The Morgan fingerprint density at radius 2 is 1.66 bits per heavy atom. The molecular weight excluding hydrogens is 390 g/mol. The minimum Gasteiger partial charge on any atom is -0.489 e. The molecule has 4 aromatic rings. The number of H-pyrrole nitrogens is 1. The van der Waals surface area contributed by atoms with Crippen molar-refractivity contribution in [1.82, 2.24) is 10.2 Å². The third-order valence-electron chi connectivity index (χ3n) is 4.38. The number of fused-ring (bicyclic) bond motifs is 1. The zero-order valence-corrected chi connectivity index (χ0v) is 15.9. The number of aromatic nitrogens is 2. The van der Waals surface area contributed by atoms with Gasteiger partial charge in [0.25, 0.3) is 11.5 Å². The molecule has 1 amide bonds. The second kappa shape index (κ2) is 8.16. The minimum atomic E-state index is -0.415. The van der Waals surface area contributed by atoms with Crippen molar-refractivity contribution in [2.75, 3.05) is 5.32 Å². The van der Waals surface area contributed by atoms with Gasteiger partial charge in [0.1, 0.15) is 12.4 Å². The maximum absolute atomic E-state index is 12.6. The van der Waals surface area contributed by atoms with E-state index in [1.165, 1.54) is 0 Å². The molecule has 0 saturated carbocycles. The van der Waals surface area contributed by atoms with Crippen molar-refractivity contribution in [3.8, 4) is 5.75 Å². The smallest absolute Gasteiger partial charge is 0.276 e. The van der Waals surface area contributed by atoms with Crippen LogP contribution in [0.4, 0.5) is 5.69 Å². The number of nitrogens with one attached hydrogen (secondary N) is 2. The fraction of sp³-hybridized carbons (Fsp3) is 0.0455. The van der Waals surface area contributed by atoms with Crippen molar-refractivity contribution >= 4 is 34.0 Å². The number of carbonyl (C=O) groups is 1. The van der Waals surface area contributed by atoms with E-state index in [1.807, 2.05) is 24.3 Å². The lowest BCUT2D eigenvalue weighted by molar-refractivity contribution is 0.102. The zero-order valence-electron chi connectivity index (χ0n) is 15.2. The average molecular weight is 406 g/mol. The number of hydrogen-bond donors (Lipinski definition) is 2. The van der Waals surface area contributed by atoms with Gasteiger partial charge in [-0.3, -0.25) is 9.59 Å². The molecule has 0 bridgehead atoms. The van der Waals surface area contributed by atoms with Gasteiger partial charge in [-0.05, 0) is 36.4 Å². The molecule has 3 aromatic carbocycles. The van der Waals surface area contributed by atoms with Crippen LogP contribution in [-0.2, 0) is 6.61 Å². The lowest BCUT2D eigenvalue weighted by Gasteiger charge is -2.10. The third-order valence-corrected chi connectivity index (χ3v) is 4.74. The van der Waals surface area contributed by atoms with E-state index in [0.29, 0.717) is 33.8 Å². The number of amides is 1. The number of ether oxygens (including phenoxy) is 1. The van der Waals surface area contributed by atoms with Crippen LogP contribution in [0.2, 0.25) is 5.02 Å². The van der Waals surface area contributed by atoms with Crippen molar-refractivity contribution in [2.24, 2.45) is 0 Å². The second-order valence-electron chi connectivity index (χ2n) is 6.31. The van der Waals surface area contributed by atoms with E-state index >= 15 is 0 Å². The summed E-state index contributed by atoms with van der Waals surface area (Å²) >= 11 is 6.13. The maximum atomic E-state index is 12.6. The highest BCUT2D eigenvalue weighted by Crippen LogP contribution is 2.21. The Morgan fingerprint density at radius 1 is 0.966 bits per heavy atom. The van der Waals surface area contributed by atoms with Crippen LogP contribution in [0.1, 0.15) is 16.1 Å². The van der Waals surface area contributed by atoms with Gasteiger partial charge in [-0.2, -0.15) is 5.10 Å². The number of rotatable bonds is 5. The van der Waals surface area contributed by atoms with E-state index in [4.69, 9.17) is 16.3 Å². The minimum absolute atomic E-state index is 0.152. The van der Waals surface area contributed by atoms with E-state index < -0.39 is 5.91 Å². The SMILES string of the molecule is O=C(Nc1ccc(OCc2ccccc2Cl)cc1)c1n[nH]c(=O)c2ccccc12. The Morgan fingerprint density at radius 3 is 2.41 bits per heavy atom. The molecular formula is C22H16ClN3O3. The quantitative estimate of drug-likeness (QED) is 0.515. The predicted molar refractivity (Wildman–Crippen MR) is 113 cm³/mol. The number of halogens is 1.